The van der Waals surface area contributed by atoms with Gasteiger partial charge in [0.15, 0.2) is 0 Å². The molecule has 0 aliphatic rings. The van der Waals surface area contributed by atoms with Gasteiger partial charge in [0.25, 0.3) is 0 Å². The third-order valence-corrected chi connectivity index (χ3v) is 9.08. The maximum absolute atomic E-state index is 12.1. The standard InChI is InChI=1S/C42H80N2O3/c1-4-6-8-10-12-14-16-18-20-22-24-26-28-30-32-35-41(45)43-37-34-38-44(3)39-40-47-42(46)36-33-31-29-27-25-23-21-19-17-15-13-11-9-7-5-2/h18-21H,4-17,22-40H2,1-3H3,(H,43,45). The van der Waals surface area contributed by atoms with Crippen LogP contribution in [0.15, 0.2) is 24.3 Å². The van der Waals surface area contributed by atoms with Gasteiger partial charge in [-0.05, 0) is 84.2 Å². The van der Waals surface area contributed by atoms with Crippen molar-refractivity contribution in [3.05, 3.63) is 24.3 Å². The van der Waals surface area contributed by atoms with E-state index in [1.807, 2.05) is 7.05 Å². The van der Waals surface area contributed by atoms with E-state index < -0.39 is 0 Å². The number of hydrogen-bond acceptors (Lipinski definition) is 4. The molecule has 0 rings (SSSR count). The summed E-state index contributed by atoms with van der Waals surface area (Å²) in [5, 5.41) is 3.06. The Morgan fingerprint density at radius 1 is 0.511 bits per heavy atom. The van der Waals surface area contributed by atoms with Crippen molar-refractivity contribution in [1.82, 2.24) is 10.2 Å². The van der Waals surface area contributed by atoms with Crippen molar-refractivity contribution >= 4 is 11.9 Å². The lowest BCUT2D eigenvalue weighted by molar-refractivity contribution is -0.144. The van der Waals surface area contributed by atoms with Crippen LogP contribution in [0.3, 0.4) is 0 Å². The number of carbonyl (C=O) groups excluding carboxylic acids is 2. The summed E-state index contributed by atoms with van der Waals surface area (Å²) in [6.45, 7) is 7.33. The summed E-state index contributed by atoms with van der Waals surface area (Å²) in [6.07, 6.45) is 44.5. The van der Waals surface area contributed by atoms with Crippen LogP contribution >= 0.6 is 0 Å². The molecule has 5 nitrogen and oxygen atoms in total. The second-order valence-electron chi connectivity index (χ2n) is 13.9. The molecule has 0 atom stereocenters. The number of ether oxygens (including phenoxy) is 1. The van der Waals surface area contributed by atoms with Gasteiger partial charge in [-0.1, -0.05) is 141 Å². The van der Waals surface area contributed by atoms with E-state index in [2.05, 4.69) is 48.4 Å². The number of nitrogens with zero attached hydrogens (tertiary/aromatic N) is 1. The predicted molar refractivity (Wildman–Crippen MR) is 205 cm³/mol. The Morgan fingerprint density at radius 2 is 0.915 bits per heavy atom. The van der Waals surface area contributed by atoms with Crippen LogP contribution in [0.25, 0.3) is 0 Å². The average Bonchev–Trinajstić information content (AvgIpc) is 3.06. The van der Waals surface area contributed by atoms with Crippen LogP contribution < -0.4 is 5.32 Å². The van der Waals surface area contributed by atoms with Gasteiger partial charge in [0, 0.05) is 25.9 Å². The van der Waals surface area contributed by atoms with Gasteiger partial charge >= 0.3 is 5.97 Å². The number of rotatable bonds is 37. The SMILES string of the molecule is CCCCCCCCC=CCCCCCCCC(=O)NCCCN(C)CCOC(=O)CCCCCCCC=CCCCCCCCC. The molecule has 0 unspecified atom stereocenters. The van der Waals surface area contributed by atoms with E-state index in [4.69, 9.17) is 4.74 Å². The molecule has 0 saturated heterocycles. The molecule has 0 spiro atoms. The molecule has 5 heteroatoms. The van der Waals surface area contributed by atoms with E-state index in [-0.39, 0.29) is 11.9 Å². The zero-order valence-electron chi connectivity index (χ0n) is 31.8. The first-order valence-electron chi connectivity index (χ1n) is 20.5. The molecule has 1 amide bonds. The largest absolute Gasteiger partial charge is 0.464 e. The van der Waals surface area contributed by atoms with Gasteiger partial charge < -0.3 is 15.0 Å². The maximum atomic E-state index is 12.1. The summed E-state index contributed by atoms with van der Waals surface area (Å²) in [5.41, 5.74) is 0. The monoisotopic (exact) mass is 661 g/mol. The molecule has 0 saturated carbocycles. The Balaban J connectivity index is 3.42. The van der Waals surface area contributed by atoms with E-state index in [1.165, 1.54) is 141 Å². The Morgan fingerprint density at radius 3 is 1.38 bits per heavy atom. The number of hydrogen-bond donors (Lipinski definition) is 1. The van der Waals surface area contributed by atoms with Gasteiger partial charge in [-0.25, -0.2) is 0 Å². The number of amides is 1. The fraction of sp³-hybridized carbons (Fsp3) is 0.857. The summed E-state index contributed by atoms with van der Waals surface area (Å²) in [7, 11) is 2.05. The van der Waals surface area contributed by atoms with Crippen LogP contribution in [0.2, 0.25) is 0 Å². The summed E-state index contributed by atoms with van der Waals surface area (Å²) in [4.78, 5) is 26.3. The van der Waals surface area contributed by atoms with E-state index >= 15 is 0 Å². The normalized spacial score (nSPS) is 11.7. The van der Waals surface area contributed by atoms with Crippen molar-refractivity contribution in [2.75, 3.05) is 33.3 Å². The molecular weight excluding hydrogens is 580 g/mol. The van der Waals surface area contributed by atoms with E-state index in [0.717, 1.165) is 45.2 Å². The molecule has 0 aromatic heterocycles. The first kappa shape index (κ1) is 45.4. The highest BCUT2D eigenvalue weighted by Crippen LogP contribution is 2.12. The lowest BCUT2D eigenvalue weighted by Gasteiger charge is -2.16. The number of unbranched alkanes of at least 4 members (excludes halogenated alkanes) is 22. The third-order valence-electron chi connectivity index (χ3n) is 9.08. The molecule has 0 aliphatic carbocycles. The summed E-state index contributed by atoms with van der Waals surface area (Å²) >= 11 is 0. The maximum Gasteiger partial charge on any atom is 0.305 e. The highest BCUT2D eigenvalue weighted by molar-refractivity contribution is 5.75. The van der Waals surface area contributed by atoms with Gasteiger partial charge in [0.1, 0.15) is 6.61 Å². The van der Waals surface area contributed by atoms with Gasteiger partial charge in [0.05, 0.1) is 0 Å². The summed E-state index contributed by atoms with van der Waals surface area (Å²) < 4.78 is 5.43. The third kappa shape index (κ3) is 38.7. The summed E-state index contributed by atoms with van der Waals surface area (Å²) in [6, 6.07) is 0. The van der Waals surface area contributed by atoms with Crippen molar-refractivity contribution in [2.45, 2.75) is 200 Å². The van der Waals surface area contributed by atoms with Gasteiger partial charge in [-0.15, -0.1) is 0 Å². The van der Waals surface area contributed by atoms with Crippen molar-refractivity contribution in [3.8, 4) is 0 Å². The number of nitrogens with one attached hydrogen (secondary N) is 1. The van der Waals surface area contributed by atoms with Crippen LogP contribution in [-0.2, 0) is 14.3 Å². The lowest BCUT2D eigenvalue weighted by Crippen LogP contribution is -2.30. The van der Waals surface area contributed by atoms with Crippen LogP contribution in [0, 0.1) is 0 Å². The molecule has 0 radical (unpaired) electrons. The molecule has 0 fully saturated rings. The fourth-order valence-electron chi connectivity index (χ4n) is 5.86. The Labute approximate surface area is 293 Å². The minimum absolute atomic E-state index is 0.0704. The number of likely N-dealkylation sites (N-methyl/N-ethyl adjacent to an activating group) is 1. The van der Waals surface area contributed by atoms with Crippen LogP contribution in [0.5, 0.6) is 0 Å². The van der Waals surface area contributed by atoms with Gasteiger partial charge in [0.2, 0.25) is 5.91 Å². The molecule has 0 aliphatic heterocycles. The molecular formula is C42H80N2O3. The van der Waals surface area contributed by atoms with E-state index in [0.29, 0.717) is 26.0 Å². The van der Waals surface area contributed by atoms with E-state index in [9.17, 15) is 9.59 Å². The van der Waals surface area contributed by atoms with E-state index in [1.54, 1.807) is 0 Å². The molecule has 276 valence electrons. The topological polar surface area (TPSA) is 58.6 Å². The minimum atomic E-state index is -0.0704. The van der Waals surface area contributed by atoms with Crippen molar-refractivity contribution in [3.63, 3.8) is 0 Å². The molecule has 0 aromatic carbocycles. The Kier molecular flexibility index (Phi) is 37.5. The molecule has 0 heterocycles. The molecule has 0 bridgehead atoms. The van der Waals surface area contributed by atoms with Crippen LogP contribution in [0.1, 0.15) is 200 Å². The zero-order chi connectivity index (χ0) is 34.3. The smallest absolute Gasteiger partial charge is 0.305 e. The minimum Gasteiger partial charge on any atom is -0.464 e. The second-order valence-corrected chi connectivity index (χ2v) is 13.9. The quantitative estimate of drug-likeness (QED) is 0.0409. The predicted octanol–water partition coefficient (Wildman–Crippen LogP) is 12.0. The molecule has 0 aromatic rings. The Bertz CT molecular complexity index is 721. The lowest BCUT2D eigenvalue weighted by atomic mass is 10.1. The van der Waals surface area contributed by atoms with Crippen molar-refractivity contribution < 1.29 is 14.3 Å². The number of esters is 1. The van der Waals surface area contributed by atoms with Crippen LogP contribution in [0.4, 0.5) is 0 Å². The van der Waals surface area contributed by atoms with Crippen molar-refractivity contribution in [2.24, 2.45) is 0 Å². The van der Waals surface area contributed by atoms with Gasteiger partial charge in [-0.3, -0.25) is 9.59 Å². The Hall–Kier alpha value is -1.62. The zero-order valence-corrected chi connectivity index (χ0v) is 31.8. The van der Waals surface area contributed by atoms with Crippen LogP contribution in [-0.4, -0.2) is 50.1 Å². The van der Waals surface area contributed by atoms with Gasteiger partial charge in [-0.2, -0.15) is 0 Å². The average molecular weight is 661 g/mol. The second kappa shape index (κ2) is 38.8. The molecule has 47 heavy (non-hydrogen) atoms. The highest BCUT2D eigenvalue weighted by Gasteiger charge is 2.05. The van der Waals surface area contributed by atoms with Crippen molar-refractivity contribution in [1.29, 1.82) is 0 Å². The molecule has 1 N–H and O–H groups in total. The number of carbonyl (C=O) groups is 2. The first-order valence-corrected chi connectivity index (χ1v) is 20.5. The summed E-state index contributed by atoms with van der Waals surface area (Å²) in [5.74, 6) is 0.105. The fourth-order valence-corrected chi connectivity index (χ4v) is 5.86. The highest BCUT2D eigenvalue weighted by atomic mass is 16.5. The number of allylic oxidation sites excluding steroid dienone is 4. The first-order chi connectivity index (χ1) is 23.1.